The van der Waals surface area contributed by atoms with Gasteiger partial charge in [-0.05, 0) is 5.57 Å². The van der Waals surface area contributed by atoms with Crippen molar-refractivity contribution in [2.45, 2.75) is 23.9 Å². The van der Waals surface area contributed by atoms with E-state index in [9.17, 15) is 0 Å². The zero-order chi connectivity index (χ0) is 8.59. The second-order valence-electron chi connectivity index (χ2n) is 2.39. The van der Waals surface area contributed by atoms with Crippen LogP contribution in [0.4, 0.5) is 0 Å². The predicted octanol–water partition coefficient (Wildman–Crippen LogP) is -1.13. The summed E-state index contributed by atoms with van der Waals surface area (Å²) in [6.07, 6.45) is -3.88. The Labute approximate surface area is 69.5 Å². The van der Waals surface area contributed by atoms with Crippen molar-refractivity contribution < 1.29 is 20.1 Å². The third-order valence-corrected chi connectivity index (χ3v) is 2.03. The standard InChI is InChI=1S/C6H10O4S/c1-2-3(7)4(8)5(9)10-6(2)11/h3-9,11H,1H2. The summed E-state index contributed by atoms with van der Waals surface area (Å²) in [6.45, 7) is 3.44. The molecule has 1 saturated heterocycles. The number of thiol groups is 1. The molecule has 4 unspecified atom stereocenters. The first-order chi connectivity index (χ1) is 5.04. The van der Waals surface area contributed by atoms with Gasteiger partial charge in [-0.15, -0.1) is 12.6 Å². The van der Waals surface area contributed by atoms with E-state index in [1.807, 2.05) is 0 Å². The predicted molar refractivity (Wildman–Crippen MR) is 41.0 cm³/mol. The Morgan fingerprint density at radius 1 is 1.36 bits per heavy atom. The van der Waals surface area contributed by atoms with Gasteiger partial charge in [-0.3, -0.25) is 0 Å². The molecule has 0 bridgehead atoms. The molecule has 5 heteroatoms. The van der Waals surface area contributed by atoms with Crippen LogP contribution in [0.15, 0.2) is 12.2 Å². The van der Waals surface area contributed by atoms with Gasteiger partial charge in [0.15, 0.2) is 6.29 Å². The number of hydrogen-bond acceptors (Lipinski definition) is 5. The first-order valence-corrected chi connectivity index (χ1v) is 3.62. The van der Waals surface area contributed by atoms with E-state index >= 15 is 0 Å². The summed E-state index contributed by atoms with van der Waals surface area (Å²) in [5.74, 6) is 0. The molecule has 1 aliphatic rings. The highest BCUT2D eigenvalue weighted by Gasteiger charge is 2.36. The Kier molecular flexibility index (Phi) is 2.56. The van der Waals surface area contributed by atoms with Gasteiger partial charge < -0.3 is 20.1 Å². The maximum atomic E-state index is 9.15. The Balaban J connectivity index is 2.70. The fourth-order valence-corrected chi connectivity index (χ4v) is 1.10. The van der Waals surface area contributed by atoms with Gasteiger partial charge in [0.25, 0.3) is 0 Å². The van der Waals surface area contributed by atoms with Crippen LogP contribution in [0.1, 0.15) is 0 Å². The molecule has 0 radical (unpaired) electrons. The van der Waals surface area contributed by atoms with Gasteiger partial charge in [0.1, 0.15) is 17.6 Å². The number of hydrogen-bond donors (Lipinski definition) is 4. The summed E-state index contributed by atoms with van der Waals surface area (Å²) < 4.78 is 4.69. The summed E-state index contributed by atoms with van der Waals surface area (Å²) in [5.41, 5.74) is -0.463. The smallest absolute Gasteiger partial charge is 0.185 e. The maximum Gasteiger partial charge on any atom is 0.185 e. The maximum absolute atomic E-state index is 9.15. The molecule has 0 aliphatic carbocycles. The minimum Gasteiger partial charge on any atom is -0.386 e. The number of ether oxygens (including phenoxy) is 1. The van der Waals surface area contributed by atoms with Gasteiger partial charge in [0.05, 0.1) is 0 Å². The molecule has 1 heterocycles. The summed E-state index contributed by atoms with van der Waals surface area (Å²) >= 11 is 3.86. The van der Waals surface area contributed by atoms with Crippen molar-refractivity contribution in [3.63, 3.8) is 0 Å². The second-order valence-corrected chi connectivity index (χ2v) is 2.86. The van der Waals surface area contributed by atoms with Crippen LogP contribution in [-0.2, 0) is 4.74 Å². The SMILES string of the molecule is C=C1C(S)OC(O)C(O)C1O. The molecule has 4 atom stereocenters. The highest BCUT2D eigenvalue weighted by molar-refractivity contribution is 7.81. The lowest BCUT2D eigenvalue weighted by molar-refractivity contribution is -0.207. The van der Waals surface area contributed by atoms with Crippen molar-refractivity contribution in [1.29, 1.82) is 0 Å². The summed E-state index contributed by atoms with van der Waals surface area (Å²) in [4.78, 5) is 0. The monoisotopic (exact) mass is 178 g/mol. The molecule has 0 amide bonds. The molecule has 0 aromatic rings. The zero-order valence-electron chi connectivity index (χ0n) is 5.71. The van der Waals surface area contributed by atoms with Gasteiger partial charge in [-0.2, -0.15) is 0 Å². The Bertz CT molecular complexity index is 172. The van der Waals surface area contributed by atoms with Crippen LogP contribution in [-0.4, -0.2) is 39.3 Å². The molecular weight excluding hydrogens is 168 g/mol. The zero-order valence-corrected chi connectivity index (χ0v) is 6.61. The lowest BCUT2D eigenvalue weighted by Gasteiger charge is -2.33. The molecule has 1 rings (SSSR count). The number of aliphatic hydroxyl groups excluding tert-OH is 3. The van der Waals surface area contributed by atoms with Crippen LogP contribution in [0.5, 0.6) is 0 Å². The van der Waals surface area contributed by atoms with E-state index in [1.54, 1.807) is 0 Å². The Morgan fingerprint density at radius 3 is 2.45 bits per heavy atom. The normalized spacial score (nSPS) is 46.0. The summed E-state index contributed by atoms with van der Waals surface area (Å²) in [7, 11) is 0. The third kappa shape index (κ3) is 1.57. The lowest BCUT2D eigenvalue weighted by atomic mass is 10.0. The fourth-order valence-electron chi connectivity index (χ4n) is 0.821. The topological polar surface area (TPSA) is 69.9 Å². The van der Waals surface area contributed by atoms with E-state index in [4.69, 9.17) is 20.1 Å². The van der Waals surface area contributed by atoms with Crippen LogP contribution in [0.25, 0.3) is 0 Å². The lowest BCUT2D eigenvalue weighted by Crippen LogP contribution is -2.48. The second kappa shape index (κ2) is 3.12. The Morgan fingerprint density at radius 2 is 1.91 bits per heavy atom. The number of rotatable bonds is 0. The van der Waals surface area contributed by atoms with E-state index in [2.05, 4.69) is 19.2 Å². The third-order valence-electron chi connectivity index (χ3n) is 1.58. The summed E-state index contributed by atoms with van der Waals surface area (Å²) in [6, 6.07) is 0. The van der Waals surface area contributed by atoms with Crippen molar-refractivity contribution in [3.05, 3.63) is 12.2 Å². The first-order valence-electron chi connectivity index (χ1n) is 3.10. The van der Waals surface area contributed by atoms with E-state index in [0.29, 0.717) is 0 Å². The van der Waals surface area contributed by atoms with Gasteiger partial charge >= 0.3 is 0 Å². The van der Waals surface area contributed by atoms with E-state index in [0.717, 1.165) is 0 Å². The molecule has 11 heavy (non-hydrogen) atoms. The molecule has 0 aromatic carbocycles. The van der Waals surface area contributed by atoms with Gasteiger partial charge in [0, 0.05) is 0 Å². The average Bonchev–Trinajstić information content (AvgIpc) is 1.97. The minimum absolute atomic E-state index is 0.256. The Hall–Kier alpha value is -0.0700. The molecule has 0 aromatic heterocycles. The van der Waals surface area contributed by atoms with E-state index < -0.39 is 23.9 Å². The van der Waals surface area contributed by atoms with Crippen LogP contribution in [0, 0.1) is 0 Å². The fraction of sp³-hybridized carbons (Fsp3) is 0.667. The summed E-state index contributed by atoms with van der Waals surface area (Å²) in [5, 5.41) is 27.1. The van der Waals surface area contributed by atoms with Crippen molar-refractivity contribution in [3.8, 4) is 0 Å². The molecule has 1 aliphatic heterocycles. The molecular formula is C6H10O4S. The molecule has 3 N–H and O–H groups in total. The van der Waals surface area contributed by atoms with Gasteiger partial charge in [-0.25, -0.2) is 0 Å². The van der Waals surface area contributed by atoms with Crippen molar-refractivity contribution >= 4 is 12.6 Å². The van der Waals surface area contributed by atoms with Crippen LogP contribution in [0.2, 0.25) is 0 Å². The molecule has 0 spiro atoms. The first kappa shape index (κ1) is 9.02. The van der Waals surface area contributed by atoms with Gasteiger partial charge in [0.2, 0.25) is 0 Å². The minimum atomic E-state index is -1.39. The number of aliphatic hydroxyl groups is 3. The van der Waals surface area contributed by atoms with E-state index in [1.165, 1.54) is 0 Å². The quantitative estimate of drug-likeness (QED) is 0.280. The van der Waals surface area contributed by atoms with Gasteiger partial charge in [-0.1, -0.05) is 6.58 Å². The van der Waals surface area contributed by atoms with Crippen molar-refractivity contribution in [2.75, 3.05) is 0 Å². The highest BCUT2D eigenvalue weighted by atomic mass is 32.1. The molecule has 1 fully saturated rings. The van der Waals surface area contributed by atoms with Crippen molar-refractivity contribution in [1.82, 2.24) is 0 Å². The van der Waals surface area contributed by atoms with Crippen LogP contribution in [0.3, 0.4) is 0 Å². The highest BCUT2D eigenvalue weighted by Crippen LogP contribution is 2.24. The largest absolute Gasteiger partial charge is 0.386 e. The average molecular weight is 178 g/mol. The molecule has 64 valence electrons. The van der Waals surface area contributed by atoms with Crippen LogP contribution >= 0.6 is 12.6 Å². The molecule has 0 saturated carbocycles. The van der Waals surface area contributed by atoms with Crippen LogP contribution < -0.4 is 0 Å². The molecule has 4 nitrogen and oxygen atoms in total. The van der Waals surface area contributed by atoms with E-state index in [-0.39, 0.29) is 5.57 Å². The van der Waals surface area contributed by atoms with Crippen molar-refractivity contribution in [2.24, 2.45) is 0 Å².